The molecule has 5 heteroatoms. The Labute approximate surface area is 220 Å². The molecule has 0 aliphatic carbocycles. The first kappa shape index (κ1) is 24.3. The number of benzene rings is 3. The van der Waals surface area contributed by atoms with Crippen LogP contribution < -0.4 is 10.5 Å². The third-order valence-corrected chi connectivity index (χ3v) is 7.53. The SMILES string of the molecule is CCN(CC)c1ccc2cc(-c3ccc(-c4ccc(/C=C(\C#N)c5ccccc5)s4)cc3)c(=O)oc2c1. The molecule has 0 spiro atoms. The summed E-state index contributed by atoms with van der Waals surface area (Å²) in [5.74, 6) is 0. The lowest BCUT2D eigenvalue weighted by atomic mass is 10.0. The fourth-order valence-corrected chi connectivity index (χ4v) is 5.38. The van der Waals surface area contributed by atoms with Crippen LogP contribution in [0.25, 0.3) is 44.2 Å². The smallest absolute Gasteiger partial charge is 0.344 e. The van der Waals surface area contributed by atoms with Crippen molar-refractivity contribution in [1.29, 1.82) is 5.26 Å². The summed E-state index contributed by atoms with van der Waals surface area (Å²) in [6.07, 6.45) is 1.92. The first-order valence-electron chi connectivity index (χ1n) is 12.3. The normalized spacial score (nSPS) is 11.4. The molecule has 182 valence electrons. The highest BCUT2D eigenvalue weighted by atomic mass is 32.1. The van der Waals surface area contributed by atoms with Crippen LogP contribution in [0.15, 0.2) is 100 Å². The summed E-state index contributed by atoms with van der Waals surface area (Å²) >= 11 is 1.63. The third-order valence-electron chi connectivity index (χ3n) is 6.45. The Kier molecular flexibility index (Phi) is 7.02. The highest BCUT2D eigenvalue weighted by molar-refractivity contribution is 7.16. The van der Waals surface area contributed by atoms with Gasteiger partial charge in [0.2, 0.25) is 0 Å². The molecule has 0 fully saturated rings. The highest BCUT2D eigenvalue weighted by Gasteiger charge is 2.11. The lowest BCUT2D eigenvalue weighted by molar-refractivity contribution is 0.563. The molecule has 2 heterocycles. The second-order valence-electron chi connectivity index (χ2n) is 8.66. The Morgan fingerprint density at radius 3 is 2.35 bits per heavy atom. The average Bonchev–Trinajstić information content (AvgIpc) is 3.41. The Bertz CT molecular complexity index is 1670. The maximum Gasteiger partial charge on any atom is 0.344 e. The van der Waals surface area contributed by atoms with Gasteiger partial charge in [-0.1, -0.05) is 54.6 Å². The molecule has 0 saturated heterocycles. The fraction of sp³-hybridized carbons (Fsp3) is 0.125. The summed E-state index contributed by atoms with van der Waals surface area (Å²) in [6, 6.07) is 31.9. The van der Waals surface area contributed by atoms with Crippen LogP contribution in [-0.2, 0) is 0 Å². The molecule has 0 N–H and O–H groups in total. The van der Waals surface area contributed by atoms with Crippen LogP contribution in [-0.4, -0.2) is 13.1 Å². The van der Waals surface area contributed by atoms with Gasteiger partial charge in [0, 0.05) is 40.0 Å². The van der Waals surface area contributed by atoms with E-state index in [1.807, 2.05) is 84.9 Å². The molecule has 0 saturated carbocycles. The van der Waals surface area contributed by atoms with E-state index >= 15 is 0 Å². The number of allylic oxidation sites excluding steroid dienone is 1. The van der Waals surface area contributed by atoms with Crippen LogP contribution in [0.5, 0.6) is 0 Å². The van der Waals surface area contributed by atoms with Gasteiger partial charge >= 0.3 is 5.63 Å². The molecule has 5 aromatic rings. The van der Waals surface area contributed by atoms with Gasteiger partial charge in [0.1, 0.15) is 5.58 Å². The zero-order valence-electron chi connectivity index (χ0n) is 20.8. The molecular weight excluding hydrogens is 476 g/mol. The summed E-state index contributed by atoms with van der Waals surface area (Å²) in [7, 11) is 0. The first-order chi connectivity index (χ1) is 18.1. The van der Waals surface area contributed by atoms with E-state index in [1.165, 1.54) is 0 Å². The number of nitrogens with zero attached hydrogens (tertiary/aromatic N) is 2. The van der Waals surface area contributed by atoms with E-state index in [4.69, 9.17) is 4.42 Å². The molecule has 4 nitrogen and oxygen atoms in total. The molecule has 0 bridgehead atoms. The van der Waals surface area contributed by atoms with Crippen LogP contribution in [0.3, 0.4) is 0 Å². The van der Waals surface area contributed by atoms with Crippen LogP contribution in [0.4, 0.5) is 5.69 Å². The van der Waals surface area contributed by atoms with Gasteiger partial charge in [0.15, 0.2) is 0 Å². The molecule has 2 aromatic heterocycles. The monoisotopic (exact) mass is 502 g/mol. The summed E-state index contributed by atoms with van der Waals surface area (Å²) in [5, 5.41) is 10.5. The molecule has 0 aliphatic rings. The molecule has 5 rings (SSSR count). The van der Waals surface area contributed by atoms with Gasteiger partial charge in [-0.2, -0.15) is 5.26 Å². The van der Waals surface area contributed by atoms with Crippen LogP contribution in [0.1, 0.15) is 24.3 Å². The zero-order chi connectivity index (χ0) is 25.8. The molecule has 0 radical (unpaired) electrons. The van der Waals surface area contributed by atoms with E-state index in [1.54, 1.807) is 11.3 Å². The molecule has 3 aromatic carbocycles. The number of fused-ring (bicyclic) bond motifs is 1. The van der Waals surface area contributed by atoms with E-state index in [9.17, 15) is 10.1 Å². The van der Waals surface area contributed by atoms with Crippen LogP contribution >= 0.6 is 11.3 Å². The van der Waals surface area contributed by atoms with E-state index in [0.717, 1.165) is 50.6 Å². The highest BCUT2D eigenvalue weighted by Crippen LogP contribution is 2.32. The maximum atomic E-state index is 12.8. The van der Waals surface area contributed by atoms with Crippen LogP contribution in [0, 0.1) is 11.3 Å². The van der Waals surface area contributed by atoms with Crippen molar-refractivity contribution in [2.24, 2.45) is 0 Å². The van der Waals surface area contributed by atoms with Gasteiger partial charge < -0.3 is 9.32 Å². The minimum atomic E-state index is -0.342. The largest absolute Gasteiger partial charge is 0.422 e. The number of rotatable bonds is 7. The molecule has 37 heavy (non-hydrogen) atoms. The third kappa shape index (κ3) is 5.11. The van der Waals surface area contributed by atoms with Crippen molar-refractivity contribution < 1.29 is 4.42 Å². The van der Waals surface area contributed by atoms with Crippen molar-refractivity contribution in [3.8, 4) is 27.6 Å². The van der Waals surface area contributed by atoms with Gasteiger partial charge in [-0.3, -0.25) is 0 Å². The van der Waals surface area contributed by atoms with Gasteiger partial charge in [-0.15, -0.1) is 11.3 Å². The van der Waals surface area contributed by atoms with Gasteiger partial charge in [-0.25, -0.2) is 4.79 Å². The summed E-state index contributed by atoms with van der Waals surface area (Å²) in [6.45, 7) is 6.01. The zero-order valence-corrected chi connectivity index (χ0v) is 21.6. The average molecular weight is 503 g/mol. The Hall–Kier alpha value is -4.40. The fourth-order valence-electron chi connectivity index (χ4n) is 4.43. The number of hydrogen-bond acceptors (Lipinski definition) is 5. The lowest BCUT2D eigenvalue weighted by Gasteiger charge is -2.21. The van der Waals surface area contributed by atoms with E-state index in [0.29, 0.717) is 16.7 Å². The number of hydrogen-bond donors (Lipinski definition) is 0. The molecular formula is C32H26N2O2S. The van der Waals surface area contributed by atoms with Crippen molar-refractivity contribution in [1.82, 2.24) is 0 Å². The summed E-state index contributed by atoms with van der Waals surface area (Å²) in [5.41, 5.74) is 5.27. The topological polar surface area (TPSA) is 57.2 Å². The lowest BCUT2D eigenvalue weighted by Crippen LogP contribution is -2.21. The maximum absolute atomic E-state index is 12.8. The number of anilines is 1. The summed E-state index contributed by atoms with van der Waals surface area (Å²) in [4.78, 5) is 17.2. The van der Waals surface area contributed by atoms with Crippen molar-refractivity contribution in [2.45, 2.75) is 13.8 Å². The summed E-state index contributed by atoms with van der Waals surface area (Å²) < 4.78 is 5.72. The van der Waals surface area contributed by atoms with Crippen LogP contribution in [0.2, 0.25) is 0 Å². The van der Waals surface area contributed by atoms with Gasteiger partial charge in [0.25, 0.3) is 0 Å². The molecule has 0 aliphatic heterocycles. The second-order valence-corrected chi connectivity index (χ2v) is 9.77. The van der Waals surface area contributed by atoms with Crippen molar-refractivity contribution in [3.05, 3.63) is 112 Å². The minimum absolute atomic E-state index is 0.342. The first-order valence-corrected chi connectivity index (χ1v) is 13.1. The Morgan fingerprint density at radius 1 is 0.919 bits per heavy atom. The molecule has 0 amide bonds. The van der Waals surface area contributed by atoms with Gasteiger partial charge in [-0.05, 0) is 66.9 Å². The predicted octanol–water partition coefficient (Wildman–Crippen LogP) is 8.10. The Balaban J connectivity index is 1.41. The van der Waals surface area contributed by atoms with Crippen molar-refractivity contribution >= 4 is 39.6 Å². The second kappa shape index (κ2) is 10.7. The minimum Gasteiger partial charge on any atom is -0.422 e. The predicted molar refractivity (Wildman–Crippen MR) is 155 cm³/mol. The standard InChI is InChI=1S/C32H26N2O2S/c1-3-34(4-2)27-15-14-25-19-29(32(35)36-30(25)20-27)23-10-12-24(13-11-23)31-17-16-28(37-31)18-26(21-33)22-8-6-5-7-9-22/h5-20H,3-4H2,1-2H3/b26-18+. The van der Waals surface area contributed by atoms with Crippen molar-refractivity contribution in [3.63, 3.8) is 0 Å². The Morgan fingerprint density at radius 2 is 1.65 bits per heavy atom. The molecule has 0 unspecified atom stereocenters. The van der Waals surface area contributed by atoms with E-state index in [2.05, 4.69) is 36.9 Å². The number of thiophene rings is 1. The number of nitriles is 1. The van der Waals surface area contributed by atoms with E-state index < -0.39 is 0 Å². The quantitative estimate of drug-likeness (QED) is 0.167. The van der Waals surface area contributed by atoms with Crippen molar-refractivity contribution in [2.75, 3.05) is 18.0 Å². The molecule has 0 atom stereocenters. The van der Waals surface area contributed by atoms with E-state index in [-0.39, 0.29) is 5.63 Å². The van der Waals surface area contributed by atoms with Gasteiger partial charge in [0.05, 0.1) is 17.2 Å².